The Morgan fingerprint density at radius 3 is 2.81 bits per heavy atom. The van der Waals surface area contributed by atoms with Gasteiger partial charge in [0.1, 0.15) is 17.4 Å². The Balaban J connectivity index is 1.15. The standard InChI is InChI=1S/C25H29ClN8O2/c1-3-32-10-16-12-33(13-17(16)11-32)24-20(26)6-18(9-27-24)30-25-29-8-15(2)23(31-36-25)34(25)19-4-5-22-21(7-19)28-14-35-22/h4-9,16-17,28,30-31H,3,10-14H2,1-2H3. The van der Waals surface area contributed by atoms with Gasteiger partial charge in [-0.2, -0.15) is 0 Å². The lowest BCUT2D eigenvalue weighted by Gasteiger charge is -2.36. The van der Waals surface area contributed by atoms with Gasteiger partial charge in [0, 0.05) is 38.0 Å². The van der Waals surface area contributed by atoms with Gasteiger partial charge in [0.25, 0.3) is 0 Å². The molecule has 0 spiro atoms. The molecule has 5 aliphatic heterocycles. The number of nitrogens with one attached hydrogen (secondary N) is 3. The van der Waals surface area contributed by atoms with E-state index in [4.69, 9.17) is 31.2 Å². The Kier molecular flexibility index (Phi) is 4.99. The smallest absolute Gasteiger partial charge is 0.351 e. The number of aromatic nitrogens is 1. The highest BCUT2D eigenvalue weighted by Gasteiger charge is 2.50. The maximum Gasteiger partial charge on any atom is 0.351 e. The second-order valence-electron chi connectivity index (χ2n) is 10.0. The number of hydroxylamine groups is 1. The minimum absolute atomic E-state index is 0.461. The highest BCUT2D eigenvalue weighted by Crippen LogP contribution is 2.43. The lowest BCUT2D eigenvalue weighted by Crippen LogP contribution is -2.51. The van der Waals surface area contributed by atoms with Crippen LogP contribution in [0, 0.1) is 11.8 Å². The first-order valence-electron chi connectivity index (χ1n) is 12.4. The van der Waals surface area contributed by atoms with Gasteiger partial charge in [-0.3, -0.25) is 4.90 Å². The van der Waals surface area contributed by atoms with Crippen LogP contribution >= 0.6 is 11.6 Å². The monoisotopic (exact) mass is 508 g/mol. The molecule has 5 aliphatic rings. The van der Waals surface area contributed by atoms with E-state index in [1.807, 2.05) is 36.1 Å². The molecule has 7 rings (SSSR count). The van der Waals surface area contributed by atoms with Crippen molar-refractivity contribution in [2.45, 2.75) is 19.8 Å². The van der Waals surface area contributed by atoms with Crippen molar-refractivity contribution < 1.29 is 9.57 Å². The van der Waals surface area contributed by atoms with Crippen molar-refractivity contribution >= 4 is 40.7 Å². The van der Waals surface area contributed by atoms with Crippen molar-refractivity contribution in [3.8, 4) is 5.75 Å². The average molecular weight is 509 g/mol. The van der Waals surface area contributed by atoms with Crippen LogP contribution in [0.4, 0.5) is 22.9 Å². The topological polar surface area (TPSA) is 89.5 Å². The van der Waals surface area contributed by atoms with Crippen molar-refractivity contribution in [1.82, 2.24) is 15.4 Å². The van der Waals surface area contributed by atoms with E-state index >= 15 is 0 Å². The molecule has 0 amide bonds. The first-order valence-corrected chi connectivity index (χ1v) is 12.8. The normalized spacial score (nSPS) is 28.2. The van der Waals surface area contributed by atoms with Crippen molar-refractivity contribution in [2.75, 3.05) is 59.9 Å². The summed E-state index contributed by atoms with van der Waals surface area (Å²) >= 11 is 6.78. The summed E-state index contributed by atoms with van der Waals surface area (Å²) in [5.41, 5.74) is 6.55. The minimum atomic E-state index is -1.22. The molecule has 36 heavy (non-hydrogen) atoms. The van der Waals surface area contributed by atoms with Gasteiger partial charge in [-0.25, -0.2) is 20.3 Å². The van der Waals surface area contributed by atoms with E-state index in [0.717, 1.165) is 67.1 Å². The van der Waals surface area contributed by atoms with Crippen LogP contribution in [-0.4, -0.2) is 61.5 Å². The zero-order valence-electron chi connectivity index (χ0n) is 20.3. The quantitative estimate of drug-likeness (QED) is 0.563. The second kappa shape index (κ2) is 8.16. The van der Waals surface area contributed by atoms with Crippen LogP contribution in [0.5, 0.6) is 5.75 Å². The first-order chi connectivity index (χ1) is 17.5. The summed E-state index contributed by atoms with van der Waals surface area (Å²) in [5.74, 6) is 2.63. The van der Waals surface area contributed by atoms with E-state index in [-0.39, 0.29) is 0 Å². The largest absolute Gasteiger partial charge is 0.471 e. The Labute approximate surface area is 214 Å². The number of pyridine rings is 1. The summed E-state index contributed by atoms with van der Waals surface area (Å²) in [5, 5.41) is 7.28. The third kappa shape index (κ3) is 3.39. The van der Waals surface area contributed by atoms with Crippen molar-refractivity contribution in [3.05, 3.63) is 46.9 Å². The number of rotatable bonds is 5. The van der Waals surface area contributed by atoms with Crippen LogP contribution < -0.4 is 30.7 Å². The molecule has 0 radical (unpaired) electrons. The number of hydrogen-bond donors (Lipinski definition) is 3. The van der Waals surface area contributed by atoms with Crippen LogP contribution in [0.3, 0.4) is 0 Å². The lowest BCUT2D eigenvalue weighted by molar-refractivity contribution is -0.0214. The van der Waals surface area contributed by atoms with Gasteiger partial charge in [0.15, 0.2) is 6.73 Å². The fourth-order valence-electron chi connectivity index (χ4n) is 5.92. The number of nitrogens with zero attached hydrogens (tertiary/aromatic N) is 5. The summed E-state index contributed by atoms with van der Waals surface area (Å²) in [6.45, 7) is 10.1. The number of aliphatic imine (C=N–C) groups is 1. The van der Waals surface area contributed by atoms with E-state index < -0.39 is 5.97 Å². The van der Waals surface area contributed by atoms with Gasteiger partial charge in [-0.05, 0) is 49.6 Å². The molecule has 3 N–H and O–H groups in total. The summed E-state index contributed by atoms with van der Waals surface area (Å²) in [4.78, 5) is 22.4. The predicted molar refractivity (Wildman–Crippen MR) is 140 cm³/mol. The number of halogens is 1. The Morgan fingerprint density at radius 2 is 2.03 bits per heavy atom. The highest BCUT2D eigenvalue weighted by molar-refractivity contribution is 6.33. The summed E-state index contributed by atoms with van der Waals surface area (Å²) in [7, 11) is 0. The Morgan fingerprint density at radius 1 is 1.19 bits per heavy atom. The fourth-order valence-corrected chi connectivity index (χ4v) is 6.21. The molecular weight excluding hydrogens is 480 g/mol. The van der Waals surface area contributed by atoms with Gasteiger partial charge in [-0.1, -0.05) is 18.5 Å². The van der Waals surface area contributed by atoms with Crippen molar-refractivity contribution in [3.63, 3.8) is 0 Å². The summed E-state index contributed by atoms with van der Waals surface area (Å²) < 4.78 is 5.59. The van der Waals surface area contributed by atoms with Crippen LogP contribution in [-0.2, 0) is 4.84 Å². The Hall–Kier alpha value is -3.21. The molecule has 0 saturated carbocycles. The first kappa shape index (κ1) is 22.0. The molecule has 6 heterocycles. The Bertz CT molecular complexity index is 1270. The number of ether oxygens (including phenoxy) is 1. The SMILES string of the molecule is CCN1CC2CN(c3ncc(NC45N=CC(C)=C(NO4)N5c4ccc5c(c4)NCO5)cc3Cl)CC2C1. The predicted octanol–water partition coefficient (Wildman–Crippen LogP) is 3.27. The molecule has 1 aromatic heterocycles. The maximum atomic E-state index is 6.78. The zero-order chi connectivity index (χ0) is 24.4. The van der Waals surface area contributed by atoms with Crippen LogP contribution in [0.15, 0.2) is 46.8 Å². The van der Waals surface area contributed by atoms with Crippen LogP contribution in [0.2, 0.25) is 5.02 Å². The third-order valence-corrected chi connectivity index (χ3v) is 8.05. The molecule has 3 saturated heterocycles. The molecule has 1 aromatic carbocycles. The summed E-state index contributed by atoms with van der Waals surface area (Å²) in [6.07, 6.45) is 3.61. The van der Waals surface area contributed by atoms with Gasteiger partial charge in [-0.15, -0.1) is 0 Å². The highest BCUT2D eigenvalue weighted by atomic mass is 35.5. The number of benzene rings is 1. The third-order valence-electron chi connectivity index (χ3n) is 7.77. The average Bonchev–Trinajstić information content (AvgIpc) is 3.63. The molecule has 11 heteroatoms. The lowest BCUT2D eigenvalue weighted by atomic mass is 10.0. The molecule has 2 aromatic rings. The molecule has 3 fully saturated rings. The van der Waals surface area contributed by atoms with Gasteiger partial charge >= 0.3 is 5.97 Å². The van der Waals surface area contributed by atoms with Gasteiger partial charge in [0.05, 0.1) is 28.3 Å². The van der Waals surface area contributed by atoms with E-state index in [9.17, 15) is 0 Å². The second-order valence-corrected chi connectivity index (χ2v) is 10.4. The molecular formula is C25H29ClN8O2. The molecule has 188 valence electrons. The van der Waals surface area contributed by atoms with Gasteiger partial charge in [0.2, 0.25) is 0 Å². The van der Waals surface area contributed by atoms with Crippen LogP contribution in [0.25, 0.3) is 0 Å². The maximum absolute atomic E-state index is 6.78. The molecule has 10 nitrogen and oxygen atoms in total. The number of likely N-dealkylation sites (tertiary alicyclic amines) is 1. The minimum Gasteiger partial charge on any atom is -0.471 e. The van der Waals surface area contributed by atoms with Gasteiger partial charge < -0.3 is 25.2 Å². The van der Waals surface area contributed by atoms with Crippen molar-refractivity contribution in [1.29, 1.82) is 0 Å². The zero-order valence-corrected chi connectivity index (χ0v) is 21.0. The number of hydrogen-bond acceptors (Lipinski definition) is 10. The number of fused-ring (bicyclic) bond motifs is 4. The molecule has 3 atom stereocenters. The molecule has 0 aliphatic carbocycles. The van der Waals surface area contributed by atoms with E-state index in [1.165, 1.54) is 0 Å². The van der Waals surface area contributed by atoms with E-state index in [1.54, 1.807) is 12.4 Å². The summed E-state index contributed by atoms with van der Waals surface area (Å²) in [6, 6.07) is 7.88. The van der Waals surface area contributed by atoms with Crippen LogP contribution in [0.1, 0.15) is 13.8 Å². The van der Waals surface area contributed by atoms with E-state index in [2.05, 4.69) is 32.8 Å². The molecule has 2 bridgehead atoms. The van der Waals surface area contributed by atoms with E-state index in [0.29, 0.717) is 29.3 Å². The number of allylic oxidation sites excluding steroid dienone is 1. The fraction of sp³-hybridized carbons (Fsp3) is 0.440. The number of anilines is 4. The van der Waals surface area contributed by atoms with Crippen molar-refractivity contribution in [2.24, 2.45) is 16.8 Å². The molecule has 3 unspecified atom stereocenters.